The Kier molecular flexibility index (Phi) is 2.65. The van der Waals surface area contributed by atoms with Gasteiger partial charge in [0, 0.05) is 0 Å². The quantitative estimate of drug-likeness (QED) is 0.346. The van der Waals surface area contributed by atoms with E-state index in [1.807, 2.05) is 19.1 Å². The molecule has 1 saturated heterocycles. The zero-order valence-corrected chi connectivity index (χ0v) is 6.74. The molecule has 0 aromatic rings. The van der Waals surface area contributed by atoms with Crippen molar-refractivity contribution in [1.82, 2.24) is 0 Å². The zero-order chi connectivity index (χ0) is 8.27. The summed E-state index contributed by atoms with van der Waals surface area (Å²) in [6, 6.07) is 0. The van der Waals surface area contributed by atoms with Crippen LogP contribution >= 0.6 is 0 Å². The lowest BCUT2D eigenvalue weighted by Crippen LogP contribution is -2.12. The van der Waals surface area contributed by atoms with Crippen molar-refractivity contribution in [3.63, 3.8) is 0 Å². The van der Waals surface area contributed by atoms with E-state index in [9.17, 15) is 4.79 Å². The van der Waals surface area contributed by atoms with Crippen molar-refractivity contribution in [2.75, 3.05) is 6.61 Å². The molecule has 0 bridgehead atoms. The van der Waals surface area contributed by atoms with Crippen LogP contribution in [0.3, 0.4) is 0 Å². The zero-order valence-electron chi connectivity index (χ0n) is 6.74. The molecule has 2 unspecified atom stereocenters. The molecule has 0 amide bonds. The van der Waals surface area contributed by atoms with Crippen molar-refractivity contribution in [2.45, 2.75) is 26.1 Å². The number of carbonyl (C=O) groups is 1. The van der Waals surface area contributed by atoms with Gasteiger partial charge in [0.15, 0.2) is 6.10 Å². The lowest BCUT2D eigenvalue weighted by atomic mass is 10.3. The van der Waals surface area contributed by atoms with Gasteiger partial charge in [-0.25, -0.2) is 4.79 Å². The molecule has 1 fully saturated rings. The average Bonchev–Trinajstić information content (AvgIpc) is 2.69. The number of rotatable bonds is 3. The maximum Gasteiger partial charge on any atom is 0.338 e. The number of hydrogen-bond donors (Lipinski definition) is 0. The van der Waals surface area contributed by atoms with Crippen molar-refractivity contribution < 1.29 is 14.3 Å². The maximum absolute atomic E-state index is 10.9. The highest BCUT2D eigenvalue weighted by atomic mass is 16.6. The van der Waals surface area contributed by atoms with Crippen LogP contribution in [-0.2, 0) is 14.3 Å². The highest BCUT2D eigenvalue weighted by Crippen LogP contribution is 2.24. The summed E-state index contributed by atoms with van der Waals surface area (Å²) in [5.74, 6) is -0.254. The highest BCUT2D eigenvalue weighted by Gasteiger charge is 2.44. The van der Waals surface area contributed by atoms with E-state index in [1.165, 1.54) is 0 Å². The number of allylic oxidation sites excluding steroid dienone is 1. The van der Waals surface area contributed by atoms with Crippen molar-refractivity contribution >= 4 is 5.97 Å². The third kappa shape index (κ3) is 2.05. The van der Waals surface area contributed by atoms with Crippen LogP contribution in [0.1, 0.15) is 13.8 Å². The van der Waals surface area contributed by atoms with Crippen molar-refractivity contribution in [1.29, 1.82) is 0 Å². The van der Waals surface area contributed by atoms with Crippen LogP contribution in [0.15, 0.2) is 12.2 Å². The van der Waals surface area contributed by atoms with Crippen LogP contribution in [0, 0.1) is 0 Å². The third-order valence-corrected chi connectivity index (χ3v) is 1.43. The van der Waals surface area contributed by atoms with Crippen molar-refractivity contribution in [2.24, 2.45) is 0 Å². The van der Waals surface area contributed by atoms with Gasteiger partial charge >= 0.3 is 5.97 Å². The molecular formula is C8H12O3. The molecule has 0 radical (unpaired) electrons. The molecule has 62 valence electrons. The predicted molar refractivity (Wildman–Crippen MR) is 40.1 cm³/mol. The Morgan fingerprint density at radius 1 is 1.73 bits per heavy atom. The monoisotopic (exact) mass is 156 g/mol. The summed E-state index contributed by atoms with van der Waals surface area (Å²) in [6.07, 6.45) is 3.33. The van der Waals surface area contributed by atoms with Gasteiger partial charge in [-0.3, -0.25) is 0 Å². The molecule has 2 atom stereocenters. The minimum atomic E-state index is -0.342. The van der Waals surface area contributed by atoms with Gasteiger partial charge < -0.3 is 9.47 Å². The normalized spacial score (nSPS) is 28.9. The molecule has 1 heterocycles. The fraction of sp³-hybridized carbons (Fsp3) is 0.625. The summed E-state index contributed by atoms with van der Waals surface area (Å²) < 4.78 is 9.75. The smallest absolute Gasteiger partial charge is 0.338 e. The first-order valence-corrected chi connectivity index (χ1v) is 3.74. The molecular weight excluding hydrogens is 144 g/mol. The van der Waals surface area contributed by atoms with Gasteiger partial charge in [0.25, 0.3) is 0 Å². The first-order chi connectivity index (χ1) is 5.29. The molecule has 1 aliphatic heterocycles. The topological polar surface area (TPSA) is 38.8 Å². The van der Waals surface area contributed by atoms with Crippen LogP contribution in [0.2, 0.25) is 0 Å². The Morgan fingerprint density at radius 3 is 3.00 bits per heavy atom. The molecule has 3 heteroatoms. The van der Waals surface area contributed by atoms with E-state index < -0.39 is 0 Å². The third-order valence-electron chi connectivity index (χ3n) is 1.43. The van der Waals surface area contributed by atoms with E-state index in [4.69, 9.17) is 9.47 Å². The molecule has 0 N–H and O–H groups in total. The minimum Gasteiger partial charge on any atom is -0.464 e. The van der Waals surface area contributed by atoms with Gasteiger partial charge in [-0.15, -0.1) is 0 Å². The Labute approximate surface area is 66.0 Å². The number of epoxide rings is 1. The average molecular weight is 156 g/mol. The summed E-state index contributed by atoms with van der Waals surface area (Å²) in [5.41, 5.74) is 0. The van der Waals surface area contributed by atoms with Crippen LogP contribution in [0.4, 0.5) is 0 Å². The van der Waals surface area contributed by atoms with Gasteiger partial charge in [0.2, 0.25) is 0 Å². The number of carbonyl (C=O) groups excluding carboxylic acids is 1. The lowest BCUT2D eigenvalue weighted by Gasteiger charge is -1.94. The molecule has 3 nitrogen and oxygen atoms in total. The lowest BCUT2D eigenvalue weighted by molar-refractivity contribution is -0.144. The predicted octanol–water partition coefficient (Wildman–Crippen LogP) is 0.893. The van der Waals surface area contributed by atoms with E-state index >= 15 is 0 Å². The van der Waals surface area contributed by atoms with Crippen molar-refractivity contribution in [3.05, 3.63) is 12.2 Å². The molecule has 1 rings (SSSR count). The number of esters is 1. The van der Waals surface area contributed by atoms with Gasteiger partial charge in [-0.1, -0.05) is 12.2 Å². The number of hydrogen-bond acceptors (Lipinski definition) is 3. The molecule has 0 aromatic carbocycles. The first kappa shape index (κ1) is 8.27. The largest absolute Gasteiger partial charge is 0.464 e. The van der Waals surface area contributed by atoms with E-state index in [2.05, 4.69) is 0 Å². The van der Waals surface area contributed by atoms with Gasteiger partial charge in [-0.2, -0.15) is 0 Å². The fourth-order valence-electron chi connectivity index (χ4n) is 0.874. The molecule has 11 heavy (non-hydrogen) atoms. The second kappa shape index (κ2) is 3.53. The molecule has 0 saturated carbocycles. The molecule has 0 aliphatic carbocycles. The van der Waals surface area contributed by atoms with Gasteiger partial charge in [-0.05, 0) is 13.8 Å². The van der Waals surface area contributed by atoms with Gasteiger partial charge in [0.1, 0.15) is 6.10 Å². The fourth-order valence-corrected chi connectivity index (χ4v) is 0.874. The summed E-state index contributed by atoms with van der Waals surface area (Å²) >= 11 is 0. The summed E-state index contributed by atoms with van der Waals surface area (Å²) in [5, 5.41) is 0. The van der Waals surface area contributed by atoms with Crippen molar-refractivity contribution in [3.8, 4) is 0 Å². The van der Waals surface area contributed by atoms with E-state index in [0.29, 0.717) is 6.61 Å². The SMILES string of the molecule is CC=CC1OC1C(=O)OCC. The summed E-state index contributed by atoms with van der Waals surface area (Å²) in [4.78, 5) is 10.9. The second-order valence-corrected chi connectivity index (χ2v) is 2.30. The molecule has 0 aromatic heterocycles. The Balaban J connectivity index is 2.26. The van der Waals surface area contributed by atoms with Crippen LogP contribution < -0.4 is 0 Å². The van der Waals surface area contributed by atoms with E-state index in [0.717, 1.165) is 0 Å². The highest BCUT2D eigenvalue weighted by molar-refractivity contribution is 5.78. The first-order valence-electron chi connectivity index (χ1n) is 3.74. The summed E-state index contributed by atoms with van der Waals surface area (Å²) in [7, 11) is 0. The minimum absolute atomic E-state index is 0.0425. The standard InChI is InChI=1S/C8H12O3/c1-3-5-6-7(11-6)8(9)10-4-2/h3,5-7H,4H2,1-2H3. The molecule has 0 spiro atoms. The maximum atomic E-state index is 10.9. The van der Waals surface area contributed by atoms with Crippen LogP contribution in [0.5, 0.6) is 0 Å². The Morgan fingerprint density at radius 2 is 2.45 bits per heavy atom. The van der Waals surface area contributed by atoms with E-state index in [-0.39, 0.29) is 18.2 Å². The number of ether oxygens (including phenoxy) is 2. The second-order valence-electron chi connectivity index (χ2n) is 2.30. The summed E-state index contributed by atoms with van der Waals surface area (Å²) in [6.45, 7) is 4.09. The Bertz CT molecular complexity index is 174. The van der Waals surface area contributed by atoms with Crippen LogP contribution in [0.25, 0.3) is 0 Å². The molecule has 1 aliphatic rings. The van der Waals surface area contributed by atoms with Gasteiger partial charge in [0.05, 0.1) is 6.61 Å². The van der Waals surface area contributed by atoms with E-state index in [1.54, 1.807) is 6.92 Å². The van der Waals surface area contributed by atoms with Crippen LogP contribution in [-0.4, -0.2) is 24.8 Å². The Hall–Kier alpha value is -0.830.